The Morgan fingerprint density at radius 1 is 1.39 bits per heavy atom. The summed E-state index contributed by atoms with van der Waals surface area (Å²) in [4.78, 5) is 6.91. The zero-order valence-corrected chi connectivity index (χ0v) is 14.4. The normalized spacial score (nSPS) is 20.0. The summed E-state index contributed by atoms with van der Waals surface area (Å²) in [7, 11) is -1.21. The number of rotatable bonds is 5. The van der Waals surface area contributed by atoms with E-state index in [0.717, 1.165) is 44.6 Å². The standard InChI is InChI=1S/C15H23N5O2S/c1-19-11-16-7-13(19)10-20-5-3-4-12(9-20)6-14-15(8-17-18-14)23(2,21)22/h7-8,11-12H,3-6,9-10H2,1-2H3,(H,17,18). The van der Waals surface area contributed by atoms with E-state index in [1.165, 1.54) is 18.1 Å². The highest BCUT2D eigenvalue weighted by molar-refractivity contribution is 7.90. The number of H-pyrrole nitrogens is 1. The van der Waals surface area contributed by atoms with Crippen LogP contribution < -0.4 is 0 Å². The number of piperidine rings is 1. The smallest absolute Gasteiger partial charge is 0.178 e. The van der Waals surface area contributed by atoms with Crippen LogP contribution in [0.3, 0.4) is 0 Å². The van der Waals surface area contributed by atoms with Crippen molar-refractivity contribution in [2.45, 2.75) is 30.7 Å². The van der Waals surface area contributed by atoms with Crippen molar-refractivity contribution in [3.8, 4) is 0 Å². The maximum absolute atomic E-state index is 11.8. The molecule has 1 aliphatic heterocycles. The molecule has 7 nitrogen and oxygen atoms in total. The van der Waals surface area contributed by atoms with Crippen molar-refractivity contribution >= 4 is 9.84 Å². The molecule has 3 heterocycles. The van der Waals surface area contributed by atoms with Gasteiger partial charge in [0.15, 0.2) is 9.84 Å². The van der Waals surface area contributed by atoms with E-state index in [1.807, 2.05) is 24.1 Å². The van der Waals surface area contributed by atoms with Gasteiger partial charge in [-0.1, -0.05) is 0 Å². The van der Waals surface area contributed by atoms with Crippen LogP contribution in [-0.2, 0) is 29.9 Å². The van der Waals surface area contributed by atoms with Crippen molar-refractivity contribution < 1.29 is 8.42 Å². The summed E-state index contributed by atoms with van der Waals surface area (Å²) in [6.07, 6.45) is 9.34. The van der Waals surface area contributed by atoms with Crippen LogP contribution in [0.15, 0.2) is 23.6 Å². The maximum Gasteiger partial charge on any atom is 0.178 e. The second-order valence-corrected chi connectivity index (χ2v) is 8.41. The Kier molecular flexibility index (Phi) is 4.54. The zero-order valence-electron chi connectivity index (χ0n) is 13.6. The summed E-state index contributed by atoms with van der Waals surface area (Å²) in [5, 5.41) is 6.78. The number of aromatic amines is 1. The Morgan fingerprint density at radius 3 is 2.91 bits per heavy atom. The van der Waals surface area contributed by atoms with E-state index < -0.39 is 9.84 Å². The maximum atomic E-state index is 11.8. The molecule has 1 unspecified atom stereocenters. The highest BCUT2D eigenvalue weighted by Crippen LogP contribution is 2.24. The topological polar surface area (TPSA) is 83.9 Å². The first kappa shape index (κ1) is 16.2. The molecule has 1 aliphatic rings. The molecular formula is C15H23N5O2S. The fraction of sp³-hybridized carbons (Fsp3) is 0.600. The molecule has 126 valence electrons. The Bertz CT molecular complexity index is 764. The predicted molar refractivity (Wildman–Crippen MR) is 86.6 cm³/mol. The molecule has 0 spiro atoms. The van der Waals surface area contributed by atoms with Crippen LogP contribution >= 0.6 is 0 Å². The molecule has 2 aromatic heterocycles. The Morgan fingerprint density at radius 2 is 2.22 bits per heavy atom. The van der Waals surface area contributed by atoms with Crippen molar-refractivity contribution in [2.24, 2.45) is 13.0 Å². The van der Waals surface area contributed by atoms with Gasteiger partial charge in [0.2, 0.25) is 0 Å². The van der Waals surface area contributed by atoms with Gasteiger partial charge in [-0.2, -0.15) is 5.10 Å². The van der Waals surface area contributed by atoms with E-state index in [-0.39, 0.29) is 0 Å². The zero-order chi connectivity index (χ0) is 16.4. The van der Waals surface area contributed by atoms with Crippen LogP contribution in [-0.4, -0.2) is 52.4 Å². The molecule has 0 aliphatic carbocycles. The fourth-order valence-corrected chi connectivity index (χ4v) is 4.10. The number of likely N-dealkylation sites (tertiary alicyclic amines) is 1. The average Bonchev–Trinajstić information content (AvgIpc) is 3.09. The van der Waals surface area contributed by atoms with Gasteiger partial charge in [0.25, 0.3) is 0 Å². The number of hydrogen-bond donors (Lipinski definition) is 1. The summed E-state index contributed by atoms with van der Waals surface area (Å²) in [5.74, 6) is 0.443. The Balaban J connectivity index is 1.65. The number of aromatic nitrogens is 4. The predicted octanol–water partition coefficient (Wildman–Crippen LogP) is 1.00. The lowest BCUT2D eigenvalue weighted by Crippen LogP contribution is -2.36. The minimum atomic E-state index is -3.22. The van der Waals surface area contributed by atoms with E-state index in [9.17, 15) is 8.42 Å². The van der Waals surface area contributed by atoms with E-state index in [2.05, 4.69) is 20.1 Å². The van der Waals surface area contributed by atoms with Gasteiger partial charge in [0.05, 0.1) is 23.9 Å². The molecule has 0 radical (unpaired) electrons. The highest BCUT2D eigenvalue weighted by atomic mass is 32.2. The van der Waals surface area contributed by atoms with Crippen molar-refractivity contribution in [1.82, 2.24) is 24.6 Å². The van der Waals surface area contributed by atoms with Gasteiger partial charge in [-0.15, -0.1) is 0 Å². The van der Waals surface area contributed by atoms with Crippen molar-refractivity contribution in [2.75, 3.05) is 19.3 Å². The van der Waals surface area contributed by atoms with Crippen LogP contribution in [0, 0.1) is 5.92 Å². The first-order valence-corrected chi connectivity index (χ1v) is 9.72. The van der Waals surface area contributed by atoms with E-state index >= 15 is 0 Å². The lowest BCUT2D eigenvalue weighted by molar-refractivity contribution is 0.163. The number of nitrogens with zero attached hydrogens (tertiary/aromatic N) is 4. The Hall–Kier alpha value is -1.67. The highest BCUT2D eigenvalue weighted by Gasteiger charge is 2.24. The number of aryl methyl sites for hydroxylation is 1. The number of sulfone groups is 1. The first-order chi connectivity index (χ1) is 10.9. The lowest BCUT2D eigenvalue weighted by Gasteiger charge is -2.32. The van der Waals surface area contributed by atoms with Crippen molar-refractivity contribution in [3.05, 3.63) is 30.1 Å². The van der Waals surface area contributed by atoms with Gasteiger partial charge in [-0.3, -0.25) is 10.00 Å². The average molecular weight is 337 g/mol. The molecule has 1 fully saturated rings. The fourth-order valence-electron chi connectivity index (χ4n) is 3.28. The minimum Gasteiger partial charge on any atom is -0.337 e. The van der Waals surface area contributed by atoms with Crippen LogP contribution in [0.4, 0.5) is 0 Å². The lowest BCUT2D eigenvalue weighted by atomic mass is 9.93. The van der Waals surface area contributed by atoms with Gasteiger partial charge in [-0.25, -0.2) is 13.4 Å². The molecular weight excluding hydrogens is 314 g/mol. The SMILES string of the molecule is Cn1cncc1CN1CCCC(Cc2[nH]ncc2S(C)(=O)=O)C1. The van der Waals surface area contributed by atoms with E-state index in [0.29, 0.717) is 10.8 Å². The third kappa shape index (κ3) is 3.81. The molecule has 0 bridgehead atoms. The third-order valence-corrected chi connectivity index (χ3v) is 5.63. The molecule has 23 heavy (non-hydrogen) atoms. The number of imidazole rings is 1. The van der Waals surface area contributed by atoms with Crippen molar-refractivity contribution in [1.29, 1.82) is 0 Å². The molecule has 1 saturated heterocycles. The number of nitrogens with one attached hydrogen (secondary N) is 1. The molecule has 0 amide bonds. The second kappa shape index (κ2) is 6.45. The van der Waals surface area contributed by atoms with Gasteiger partial charge >= 0.3 is 0 Å². The Labute approximate surface area is 136 Å². The quantitative estimate of drug-likeness (QED) is 0.880. The molecule has 1 N–H and O–H groups in total. The van der Waals surface area contributed by atoms with Gasteiger partial charge in [0, 0.05) is 32.6 Å². The second-order valence-electron chi connectivity index (χ2n) is 6.43. The van der Waals surface area contributed by atoms with Gasteiger partial charge < -0.3 is 4.57 Å². The summed E-state index contributed by atoms with van der Waals surface area (Å²) in [5.41, 5.74) is 1.93. The molecule has 1 atom stereocenters. The summed E-state index contributed by atoms with van der Waals surface area (Å²) >= 11 is 0. The molecule has 2 aromatic rings. The third-order valence-electron chi connectivity index (χ3n) is 4.48. The summed E-state index contributed by atoms with van der Waals surface area (Å²) in [6, 6.07) is 0. The van der Waals surface area contributed by atoms with E-state index in [1.54, 1.807) is 0 Å². The minimum absolute atomic E-state index is 0.334. The monoisotopic (exact) mass is 337 g/mol. The summed E-state index contributed by atoms with van der Waals surface area (Å²) < 4.78 is 25.6. The van der Waals surface area contributed by atoms with Crippen LogP contribution in [0.2, 0.25) is 0 Å². The van der Waals surface area contributed by atoms with Gasteiger partial charge in [0.1, 0.15) is 4.90 Å². The summed E-state index contributed by atoms with van der Waals surface area (Å²) in [6.45, 7) is 2.92. The molecule has 3 rings (SSSR count). The molecule has 0 saturated carbocycles. The van der Waals surface area contributed by atoms with E-state index in [4.69, 9.17) is 0 Å². The van der Waals surface area contributed by atoms with Crippen LogP contribution in [0.25, 0.3) is 0 Å². The van der Waals surface area contributed by atoms with Gasteiger partial charge in [-0.05, 0) is 31.7 Å². The first-order valence-electron chi connectivity index (χ1n) is 7.83. The van der Waals surface area contributed by atoms with Crippen LogP contribution in [0.5, 0.6) is 0 Å². The molecule has 0 aromatic carbocycles. The van der Waals surface area contributed by atoms with Crippen LogP contribution in [0.1, 0.15) is 24.2 Å². The largest absolute Gasteiger partial charge is 0.337 e. The molecule has 8 heteroatoms. The van der Waals surface area contributed by atoms with Crippen molar-refractivity contribution in [3.63, 3.8) is 0 Å². The number of hydrogen-bond acceptors (Lipinski definition) is 5.